The number of methoxy groups -OCH3 is 1. The highest BCUT2D eigenvalue weighted by atomic mass is 35.5. The molecule has 0 saturated carbocycles. The number of halogens is 6. The summed E-state index contributed by atoms with van der Waals surface area (Å²) in [6.45, 7) is 0. The Morgan fingerprint density at radius 2 is 1.26 bits per heavy atom. The molecule has 8 heteroatoms. The van der Waals surface area contributed by atoms with Crippen molar-refractivity contribution in [1.82, 2.24) is 0 Å². The average molecular weight is 435 g/mol. The van der Waals surface area contributed by atoms with Crippen molar-refractivity contribution < 1.29 is 9.47 Å². The van der Waals surface area contributed by atoms with Crippen LogP contribution in [0.25, 0.3) is 0 Å². The predicted octanol–water partition coefficient (Wildman–Crippen LogP) is 7.26. The summed E-state index contributed by atoms with van der Waals surface area (Å²) in [5, 5.41) is 1.72. The molecule has 0 aliphatic rings. The van der Waals surface area contributed by atoms with Gasteiger partial charge in [0, 0.05) is 26.2 Å². The highest BCUT2D eigenvalue weighted by Crippen LogP contribution is 2.44. The van der Waals surface area contributed by atoms with Gasteiger partial charge in [0.1, 0.15) is 17.9 Å². The molecule has 0 bridgehead atoms. The van der Waals surface area contributed by atoms with Crippen LogP contribution in [0.5, 0.6) is 5.75 Å². The second-order valence-electron chi connectivity index (χ2n) is 4.44. The number of alkyl halides is 1. The van der Waals surface area contributed by atoms with Crippen LogP contribution in [-0.4, -0.2) is 13.2 Å². The maximum Gasteiger partial charge on any atom is 0.122 e. The molecular weight excluding hydrogens is 425 g/mol. The van der Waals surface area contributed by atoms with Crippen molar-refractivity contribution in [1.29, 1.82) is 0 Å². The van der Waals surface area contributed by atoms with Crippen LogP contribution in [-0.2, 0) is 4.74 Å². The molecule has 1 atom stereocenters. The van der Waals surface area contributed by atoms with Crippen molar-refractivity contribution in [3.63, 3.8) is 0 Å². The fraction of sp³-hybridized carbons (Fsp3) is 0.200. The summed E-state index contributed by atoms with van der Waals surface area (Å²) >= 11 is 36.9. The van der Waals surface area contributed by atoms with E-state index < -0.39 is 6.10 Å². The molecule has 2 nitrogen and oxygen atoms in total. The first-order chi connectivity index (χ1) is 10.9. The van der Waals surface area contributed by atoms with Crippen molar-refractivity contribution in [3.8, 4) is 5.75 Å². The summed E-state index contributed by atoms with van der Waals surface area (Å²) in [4.78, 5) is 0. The van der Waals surface area contributed by atoms with Gasteiger partial charge in [0.05, 0.1) is 17.2 Å². The van der Waals surface area contributed by atoms with Gasteiger partial charge in [-0.2, -0.15) is 0 Å². The Hall–Kier alpha value is -0.0600. The van der Waals surface area contributed by atoms with E-state index in [2.05, 4.69) is 0 Å². The van der Waals surface area contributed by atoms with Gasteiger partial charge in [-0.25, -0.2) is 0 Å². The standard InChI is InChI=1S/C15H10Cl6O2/c1-22-8-4-11(20)14(12(21)5-8)15(23-6-16)13-9(18)2-7(17)3-10(13)19/h2-5,15H,6H2,1H3. The number of hydrogen-bond donors (Lipinski definition) is 0. The lowest BCUT2D eigenvalue weighted by Gasteiger charge is -2.22. The maximum atomic E-state index is 6.33. The first-order valence-electron chi connectivity index (χ1n) is 6.24. The molecular formula is C15H10Cl6O2. The van der Waals surface area contributed by atoms with E-state index in [1.807, 2.05) is 0 Å². The van der Waals surface area contributed by atoms with Crippen molar-refractivity contribution in [2.45, 2.75) is 6.10 Å². The molecule has 0 fully saturated rings. The average Bonchev–Trinajstić information content (AvgIpc) is 2.45. The van der Waals surface area contributed by atoms with E-state index in [9.17, 15) is 0 Å². The summed E-state index contributed by atoms with van der Waals surface area (Å²) < 4.78 is 10.7. The maximum absolute atomic E-state index is 6.33. The summed E-state index contributed by atoms with van der Waals surface area (Å²) in [7, 11) is 1.52. The van der Waals surface area contributed by atoms with Gasteiger partial charge in [0.2, 0.25) is 0 Å². The van der Waals surface area contributed by atoms with Gasteiger partial charge < -0.3 is 9.47 Å². The van der Waals surface area contributed by atoms with Crippen molar-refractivity contribution in [2.75, 3.05) is 13.2 Å². The number of rotatable bonds is 5. The molecule has 1 unspecified atom stereocenters. The zero-order valence-corrected chi connectivity index (χ0v) is 16.2. The molecule has 0 amide bonds. The number of benzene rings is 2. The van der Waals surface area contributed by atoms with E-state index in [0.29, 0.717) is 42.0 Å². The smallest absolute Gasteiger partial charge is 0.122 e. The molecule has 0 aliphatic heterocycles. The minimum absolute atomic E-state index is 0.112. The Balaban J connectivity index is 2.65. The minimum Gasteiger partial charge on any atom is -0.497 e. The minimum atomic E-state index is -0.754. The fourth-order valence-electron chi connectivity index (χ4n) is 2.11. The predicted molar refractivity (Wildman–Crippen MR) is 98.1 cm³/mol. The zero-order valence-electron chi connectivity index (χ0n) is 11.7. The van der Waals surface area contributed by atoms with Crippen LogP contribution < -0.4 is 4.74 Å². The van der Waals surface area contributed by atoms with Crippen molar-refractivity contribution >= 4 is 69.6 Å². The highest BCUT2D eigenvalue weighted by molar-refractivity contribution is 6.40. The van der Waals surface area contributed by atoms with Crippen LogP contribution in [0.15, 0.2) is 24.3 Å². The Labute approximate surface area is 164 Å². The lowest BCUT2D eigenvalue weighted by atomic mass is 10.0. The SMILES string of the molecule is COc1cc(Cl)c(C(OCCl)c2c(Cl)cc(Cl)cc2Cl)c(Cl)c1. The molecule has 0 heterocycles. The van der Waals surface area contributed by atoms with Gasteiger partial charge in [-0.3, -0.25) is 0 Å². The van der Waals surface area contributed by atoms with Crippen LogP contribution in [0.1, 0.15) is 17.2 Å². The Kier molecular flexibility index (Phi) is 7.00. The van der Waals surface area contributed by atoms with E-state index in [-0.39, 0.29) is 6.07 Å². The summed E-state index contributed by atoms with van der Waals surface area (Å²) in [6.07, 6.45) is -0.754. The molecule has 0 saturated heterocycles. The van der Waals surface area contributed by atoms with Gasteiger partial charge in [0.25, 0.3) is 0 Å². The van der Waals surface area contributed by atoms with Crippen LogP contribution >= 0.6 is 69.6 Å². The monoisotopic (exact) mass is 432 g/mol. The third-order valence-electron chi connectivity index (χ3n) is 3.09. The van der Waals surface area contributed by atoms with Crippen molar-refractivity contribution in [3.05, 3.63) is 60.5 Å². The summed E-state index contributed by atoms with van der Waals surface area (Å²) in [6, 6.07) is 6.23. The highest BCUT2D eigenvalue weighted by Gasteiger charge is 2.26. The molecule has 0 radical (unpaired) electrons. The largest absolute Gasteiger partial charge is 0.497 e. The van der Waals surface area contributed by atoms with Gasteiger partial charge in [-0.05, 0) is 24.3 Å². The molecule has 0 aliphatic carbocycles. The third-order valence-corrected chi connectivity index (χ3v) is 4.68. The molecule has 124 valence electrons. The molecule has 2 aromatic carbocycles. The second-order valence-corrected chi connectivity index (χ2v) is 6.73. The van der Waals surface area contributed by atoms with Gasteiger partial charge in [-0.15, -0.1) is 0 Å². The Morgan fingerprint density at radius 3 is 1.65 bits per heavy atom. The van der Waals surface area contributed by atoms with Crippen LogP contribution in [0.4, 0.5) is 0 Å². The number of hydrogen-bond acceptors (Lipinski definition) is 2. The van der Waals surface area contributed by atoms with E-state index in [0.717, 1.165) is 0 Å². The molecule has 0 N–H and O–H groups in total. The Morgan fingerprint density at radius 1 is 0.826 bits per heavy atom. The first kappa shape index (κ1) is 19.3. The van der Waals surface area contributed by atoms with E-state index >= 15 is 0 Å². The zero-order chi connectivity index (χ0) is 17.1. The van der Waals surface area contributed by atoms with E-state index in [1.54, 1.807) is 24.3 Å². The van der Waals surface area contributed by atoms with E-state index in [4.69, 9.17) is 79.1 Å². The molecule has 2 aromatic rings. The summed E-state index contributed by atoms with van der Waals surface area (Å²) in [5.74, 6) is 0.515. The lowest BCUT2D eigenvalue weighted by Crippen LogP contribution is -2.09. The fourth-order valence-corrected chi connectivity index (χ4v) is 3.91. The number of ether oxygens (including phenoxy) is 2. The normalized spacial score (nSPS) is 12.3. The second kappa shape index (κ2) is 8.35. The third kappa shape index (κ3) is 4.32. The van der Waals surface area contributed by atoms with Crippen LogP contribution in [0.3, 0.4) is 0 Å². The molecule has 23 heavy (non-hydrogen) atoms. The molecule has 0 spiro atoms. The van der Waals surface area contributed by atoms with Crippen LogP contribution in [0.2, 0.25) is 25.1 Å². The lowest BCUT2D eigenvalue weighted by molar-refractivity contribution is 0.119. The quantitative estimate of drug-likeness (QED) is 0.461. The molecule has 0 aromatic heterocycles. The van der Waals surface area contributed by atoms with Gasteiger partial charge in [0.15, 0.2) is 0 Å². The summed E-state index contributed by atoms with van der Waals surface area (Å²) in [5.41, 5.74) is 0.966. The van der Waals surface area contributed by atoms with Crippen LogP contribution in [0, 0.1) is 0 Å². The first-order valence-corrected chi connectivity index (χ1v) is 8.66. The van der Waals surface area contributed by atoms with Crippen molar-refractivity contribution in [2.24, 2.45) is 0 Å². The van der Waals surface area contributed by atoms with E-state index in [1.165, 1.54) is 7.11 Å². The van der Waals surface area contributed by atoms with Gasteiger partial charge in [-0.1, -0.05) is 69.6 Å². The topological polar surface area (TPSA) is 18.5 Å². The Bertz CT molecular complexity index is 673. The van der Waals surface area contributed by atoms with Gasteiger partial charge >= 0.3 is 0 Å². The molecule has 2 rings (SSSR count).